The Morgan fingerprint density at radius 3 is 2.79 bits per heavy atom. The van der Waals surface area contributed by atoms with Gasteiger partial charge in [-0.15, -0.1) is 0 Å². The quantitative estimate of drug-likeness (QED) is 0.625. The average Bonchev–Trinajstić information content (AvgIpc) is 2.87. The van der Waals surface area contributed by atoms with Crippen molar-refractivity contribution in [3.63, 3.8) is 0 Å². The molecule has 0 aromatic rings. The van der Waals surface area contributed by atoms with Crippen LogP contribution in [0.1, 0.15) is 32.1 Å². The third kappa shape index (κ3) is 0.783. The van der Waals surface area contributed by atoms with Gasteiger partial charge >= 0.3 is 0 Å². The molecule has 3 fully saturated rings. The molecule has 3 saturated carbocycles. The molecule has 0 radical (unpaired) electrons. The number of carbonyl (C=O) groups excluding carboxylic acids is 2. The predicted octanol–water partition coefficient (Wildman–Crippen LogP) is 1.83. The van der Waals surface area contributed by atoms with Crippen molar-refractivity contribution < 1.29 is 9.59 Å². The van der Waals surface area contributed by atoms with Gasteiger partial charge in [0.05, 0.1) is 0 Å². The fraction of sp³-hybridized carbons (Fsp3) is 0.833. The van der Waals surface area contributed by atoms with Crippen molar-refractivity contribution in [1.82, 2.24) is 0 Å². The van der Waals surface area contributed by atoms with Gasteiger partial charge < -0.3 is 9.59 Å². The number of rotatable bonds is 2. The summed E-state index contributed by atoms with van der Waals surface area (Å²) >= 11 is 0. The Hall–Kier alpha value is -0.660. The first-order chi connectivity index (χ1) is 6.81. The van der Waals surface area contributed by atoms with Crippen molar-refractivity contribution in [1.29, 1.82) is 0 Å². The van der Waals surface area contributed by atoms with E-state index in [9.17, 15) is 9.59 Å². The van der Waals surface area contributed by atoms with Gasteiger partial charge in [0.1, 0.15) is 12.6 Å². The molecule has 0 amide bonds. The second-order valence-electron chi connectivity index (χ2n) is 5.36. The van der Waals surface area contributed by atoms with Crippen molar-refractivity contribution in [2.45, 2.75) is 32.1 Å². The van der Waals surface area contributed by atoms with Crippen LogP contribution in [0.15, 0.2) is 0 Å². The molecular weight excluding hydrogens is 176 g/mol. The lowest BCUT2D eigenvalue weighted by atomic mass is 9.66. The standard InChI is InChI=1S/C12H16O2/c13-6-8-4-9-5-10(8)11-2-1-3-12(9,11)7-14/h6-11H,1-5H2. The second-order valence-corrected chi connectivity index (χ2v) is 5.36. The zero-order valence-corrected chi connectivity index (χ0v) is 8.32. The molecule has 2 heteroatoms. The lowest BCUT2D eigenvalue weighted by Crippen LogP contribution is -2.37. The molecule has 0 aromatic carbocycles. The highest BCUT2D eigenvalue weighted by atomic mass is 16.1. The molecule has 3 aliphatic rings. The first-order valence-electron chi connectivity index (χ1n) is 5.73. The Kier molecular flexibility index (Phi) is 1.65. The minimum Gasteiger partial charge on any atom is -0.303 e. The van der Waals surface area contributed by atoms with Gasteiger partial charge in [0.15, 0.2) is 0 Å². The molecule has 0 heterocycles. The van der Waals surface area contributed by atoms with E-state index in [-0.39, 0.29) is 11.3 Å². The van der Waals surface area contributed by atoms with Gasteiger partial charge in [-0.3, -0.25) is 0 Å². The average molecular weight is 192 g/mol. The Morgan fingerprint density at radius 1 is 1.21 bits per heavy atom. The molecule has 3 rings (SSSR count). The molecule has 14 heavy (non-hydrogen) atoms. The van der Waals surface area contributed by atoms with Crippen LogP contribution in [-0.4, -0.2) is 12.6 Å². The molecule has 5 atom stereocenters. The lowest BCUT2D eigenvalue weighted by Gasteiger charge is -2.36. The minimum absolute atomic E-state index is 0.00414. The monoisotopic (exact) mass is 192 g/mol. The number of aldehydes is 2. The van der Waals surface area contributed by atoms with Crippen LogP contribution in [0, 0.1) is 29.1 Å². The van der Waals surface area contributed by atoms with Crippen molar-refractivity contribution in [2.24, 2.45) is 29.1 Å². The molecule has 0 aromatic heterocycles. The molecule has 0 aliphatic heterocycles. The van der Waals surface area contributed by atoms with Crippen molar-refractivity contribution in [2.75, 3.05) is 0 Å². The van der Waals surface area contributed by atoms with E-state index in [1.165, 1.54) is 19.1 Å². The maximum atomic E-state index is 11.3. The second kappa shape index (κ2) is 2.68. The Balaban J connectivity index is 1.97. The van der Waals surface area contributed by atoms with E-state index in [1.54, 1.807) is 0 Å². The van der Waals surface area contributed by atoms with Crippen LogP contribution >= 0.6 is 0 Å². The molecule has 76 valence electrons. The normalized spacial score (nSPS) is 54.6. The topological polar surface area (TPSA) is 34.1 Å². The predicted molar refractivity (Wildman–Crippen MR) is 51.6 cm³/mol. The summed E-state index contributed by atoms with van der Waals surface area (Å²) in [4.78, 5) is 22.2. The molecule has 0 spiro atoms. The van der Waals surface area contributed by atoms with Gasteiger partial charge in [-0.05, 0) is 43.4 Å². The van der Waals surface area contributed by atoms with Crippen LogP contribution < -0.4 is 0 Å². The summed E-state index contributed by atoms with van der Waals surface area (Å²) < 4.78 is 0. The lowest BCUT2D eigenvalue weighted by molar-refractivity contribution is -0.124. The van der Waals surface area contributed by atoms with Gasteiger partial charge in [-0.25, -0.2) is 0 Å². The van der Waals surface area contributed by atoms with E-state index >= 15 is 0 Å². The van der Waals surface area contributed by atoms with Crippen LogP contribution in [-0.2, 0) is 9.59 Å². The van der Waals surface area contributed by atoms with E-state index in [1.807, 2.05) is 0 Å². The van der Waals surface area contributed by atoms with Crippen molar-refractivity contribution in [3.8, 4) is 0 Å². The molecule has 0 saturated heterocycles. The summed E-state index contributed by atoms with van der Waals surface area (Å²) in [6.45, 7) is 0. The highest BCUT2D eigenvalue weighted by Gasteiger charge is 2.62. The number of carbonyl (C=O) groups is 2. The van der Waals surface area contributed by atoms with Crippen LogP contribution in [0.5, 0.6) is 0 Å². The Bertz CT molecular complexity index is 286. The zero-order chi connectivity index (χ0) is 9.76. The molecule has 0 N–H and O–H groups in total. The van der Waals surface area contributed by atoms with Gasteiger partial charge in [-0.2, -0.15) is 0 Å². The number of fused-ring (bicyclic) bond motifs is 5. The fourth-order valence-corrected chi connectivity index (χ4v) is 4.61. The van der Waals surface area contributed by atoms with Crippen molar-refractivity contribution in [3.05, 3.63) is 0 Å². The maximum Gasteiger partial charge on any atom is 0.126 e. The van der Waals surface area contributed by atoms with Gasteiger partial charge in [-0.1, -0.05) is 6.42 Å². The van der Waals surface area contributed by atoms with E-state index in [4.69, 9.17) is 0 Å². The molecule has 3 aliphatic carbocycles. The molecule has 5 unspecified atom stereocenters. The number of hydrogen-bond acceptors (Lipinski definition) is 2. The summed E-state index contributed by atoms with van der Waals surface area (Å²) in [6, 6.07) is 0. The van der Waals surface area contributed by atoms with Gasteiger partial charge in [0, 0.05) is 11.3 Å². The number of hydrogen-bond donors (Lipinski definition) is 0. The summed E-state index contributed by atoms with van der Waals surface area (Å²) in [6.07, 6.45) is 7.98. The smallest absolute Gasteiger partial charge is 0.126 e. The maximum absolute atomic E-state index is 11.3. The van der Waals surface area contributed by atoms with Crippen LogP contribution in [0.25, 0.3) is 0 Å². The Morgan fingerprint density at radius 2 is 2.07 bits per heavy atom. The summed E-state index contributed by atoms with van der Waals surface area (Å²) in [5, 5.41) is 0. The third-order valence-corrected chi connectivity index (χ3v) is 5.15. The molecular formula is C12H16O2. The van der Waals surface area contributed by atoms with E-state index in [0.717, 1.165) is 25.5 Å². The highest BCUT2D eigenvalue weighted by Crippen LogP contribution is 2.66. The van der Waals surface area contributed by atoms with E-state index in [2.05, 4.69) is 0 Å². The first-order valence-corrected chi connectivity index (χ1v) is 5.73. The van der Waals surface area contributed by atoms with Crippen LogP contribution in [0.4, 0.5) is 0 Å². The van der Waals surface area contributed by atoms with Gasteiger partial charge in [0.2, 0.25) is 0 Å². The van der Waals surface area contributed by atoms with E-state index in [0.29, 0.717) is 17.8 Å². The van der Waals surface area contributed by atoms with Crippen molar-refractivity contribution >= 4 is 12.6 Å². The van der Waals surface area contributed by atoms with Crippen LogP contribution in [0.3, 0.4) is 0 Å². The molecule has 2 nitrogen and oxygen atoms in total. The van der Waals surface area contributed by atoms with Crippen LogP contribution in [0.2, 0.25) is 0 Å². The minimum atomic E-state index is 0.00414. The largest absolute Gasteiger partial charge is 0.303 e. The zero-order valence-electron chi connectivity index (χ0n) is 8.32. The molecule has 2 bridgehead atoms. The van der Waals surface area contributed by atoms with Gasteiger partial charge in [0.25, 0.3) is 0 Å². The Labute approximate surface area is 84.1 Å². The summed E-state index contributed by atoms with van der Waals surface area (Å²) in [5.74, 6) is 1.91. The fourth-order valence-electron chi connectivity index (χ4n) is 4.61. The summed E-state index contributed by atoms with van der Waals surface area (Å²) in [5.41, 5.74) is 0.00414. The highest BCUT2D eigenvalue weighted by molar-refractivity contribution is 5.65. The first kappa shape index (κ1) is 8.63. The summed E-state index contributed by atoms with van der Waals surface area (Å²) in [7, 11) is 0. The van der Waals surface area contributed by atoms with E-state index < -0.39 is 0 Å². The third-order valence-electron chi connectivity index (χ3n) is 5.15. The SMILES string of the molecule is O=CC1CC2CC1C1CCCC21C=O.